The highest BCUT2D eigenvalue weighted by molar-refractivity contribution is 6.30. The maximum absolute atomic E-state index is 13.4. The van der Waals surface area contributed by atoms with E-state index >= 15 is 0 Å². The number of carbonyl (C=O) groups is 1. The fourth-order valence-electron chi connectivity index (χ4n) is 4.17. The molecule has 0 aliphatic carbocycles. The van der Waals surface area contributed by atoms with Crippen LogP contribution in [0.3, 0.4) is 0 Å². The van der Waals surface area contributed by atoms with Crippen LogP contribution < -0.4 is 4.90 Å². The lowest BCUT2D eigenvalue weighted by molar-refractivity contribution is 0.153. The van der Waals surface area contributed by atoms with Gasteiger partial charge in [0.25, 0.3) is 0 Å². The Balaban J connectivity index is 1.90. The average molecular weight is 359 g/mol. The van der Waals surface area contributed by atoms with Gasteiger partial charge in [-0.15, -0.1) is 6.58 Å². The Kier molecular flexibility index (Phi) is 5.85. The number of hydrogen-bond acceptors (Lipinski definition) is 1. The van der Waals surface area contributed by atoms with E-state index in [2.05, 4.69) is 30.6 Å². The molecular weight excluding hydrogens is 332 g/mol. The normalized spacial score (nSPS) is 26.3. The standard InChI is InChI=1S/C21H27ClN2O/c1-3-5-6-8-19-15-20-14-13-17(7-4-2)23(20)21(25)24(19)18-11-9-16(22)10-12-18/h4-6,9-12,17,19-20H,2-3,7-8,13-15H2,1H3/b6-5+. The molecule has 1 aromatic rings. The number of hydrogen-bond donors (Lipinski definition) is 0. The first-order valence-electron chi connectivity index (χ1n) is 9.28. The summed E-state index contributed by atoms with van der Waals surface area (Å²) in [7, 11) is 0. The molecule has 2 aliphatic heterocycles. The largest absolute Gasteiger partial charge is 0.325 e. The summed E-state index contributed by atoms with van der Waals surface area (Å²) in [6.45, 7) is 6.00. The molecule has 4 heteroatoms. The zero-order valence-corrected chi connectivity index (χ0v) is 15.7. The third kappa shape index (κ3) is 3.77. The van der Waals surface area contributed by atoms with Gasteiger partial charge in [-0.25, -0.2) is 4.79 Å². The van der Waals surface area contributed by atoms with Crippen molar-refractivity contribution in [2.24, 2.45) is 0 Å². The number of nitrogens with zero attached hydrogens (tertiary/aromatic N) is 2. The number of fused-ring (bicyclic) bond motifs is 1. The van der Waals surface area contributed by atoms with Crippen molar-refractivity contribution in [1.82, 2.24) is 4.90 Å². The van der Waals surface area contributed by atoms with Crippen LogP contribution in [-0.4, -0.2) is 29.1 Å². The van der Waals surface area contributed by atoms with E-state index in [0.717, 1.165) is 44.2 Å². The van der Waals surface area contributed by atoms with Gasteiger partial charge in [0.05, 0.1) is 0 Å². The highest BCUT2D eigenvalue weighted by Crippen LogP contribution is 2.38. The molecule has 2 heterocycles. The predicted octanol–water partition coefficient (Wildman–Crippen LogP) is 5.80. The van der Waals surface area contributed by atoms with Crippen LogP contribution in [-0.2, 0) is 0 Å². The van der Waals surface area contributed by atoms with Crippen LogP contribution in [0, 0.1) is 0 Å². The number of allylic oxidation sites excluding steroid dienone is 1. The third-order valence-electron chi connectivity index (χ3n) is 5.31. The van der Waals surface area contributed by atoms with Gasteiger partial charge in [0.1, 0.15) is 0 Å². The zero-order chi connectivity index (χ0) is 17.8. The number of urea groups is 1. The van der Waals surface area contributed by atoms with Crippen LogP contribution in [0.25, 0.3) is 0 Å². The van der Waals surface area contributed by atoms with Crippen molar-refractivity contribution in [2.75, 3.05) is 4.90 Å². The Morgan fingerprint density at radius 2 is 1.92 bits per heavy atom. The quantitative estimate of drug-likeness (QED) is 0.589. The molecular formula is C21H27ClN2O. The molecule has 2 fully saturated rings. The minimum atomic E-state index is 0.137. The average Bonchev–Trinajstić information content (AvgIpc) is 3.00. The number of rotatable bonds is 6. The molecule has 3 unspecified atom stereocenters. The molecule has 25 heavy (non-hydrogen) atoms. The van der Waals surface area contributed by atoms with Crippen molar-refractivity contribution in [3.05, 3.63) is 54.1 Å². The fourth-order valence-corrected chi connectivity index (χ4v) is 4.30. The molecule has 2 aliphatic rings. The van der Waals surface area contributed by atoms with Gasteiger partial charge in [-0.2, -0.15) is 0 Å². The lowest BCUT2D eigenvalue weighted by atomic mass is 9.97. The Morgan fingerprint density at radius 3 is 2.60 bits per heavy atom. The Morgan fingerprint density at radius 1 is 1.16 bits per heavy atom. The molecule has 2 amide bonds. The van der Waals surface area contributed by atoms with Gasteiger partial charge >= 0.3 is 6.03 Å². The zero-order valence-electron chi connectivity index (χ0n) is 14.9. The summed E-state index contributed by atoms with van der Waals surface area (Å²) < 4.78 is 0. The van der Waals surface area contributed by atoms with Crippen LogP contribution in [0.1, 0.15) is 45.4 Å². The molecule has 134 valence electrons. The monoisotopic (exact) mass is 358 g/mol. The van der Waals surface area contributed by atoms with Crippen molar-refractivity contribution in [3.8, 4) is 0 Å². The Hall–Kier alpha value is -1.74. The van der Waals surface area contributed by atoms with Gasteiger partial charge in [-0.3, -0.25) is 4.90 Å². The van der Waals surface area contributed by atoms with Gasteiger partial charge in [0.2, 0.25) is 0 Å². The summed E-state index contributed by atoms with van der Waals surface area (Å²) in [5, 5.41) is 0.694. The van der Waals surface area contributed by atoms with Gasteiger partial charge in [-0.05, 0) is 62.8 Å². The summed E-state index contributed by atoms with van der Waals surface area (Å²) in [5.74, 6) is 0. The van der Waals surface area contributed by atoms with E-state index in [4.69, 9.17) is 11.6 Å². The first-order chi connectivity index (χ1) is 12.2. The van der Waals surface area contributed by atoms with Crippen molar-refractivity contribution < 1.29 is 4.79 Å². The van der Waals surface area contributed by atoms with Gasteiger partial charge in [-0.1, -0.05) is 36.8 Å². The van der Waals surface area contributed by atoms with Crippen LogP contribution in [0.15, 0.2) is 49.1 Å². The van der Waals surface area contributed by atoms with E-state index in [-0.39, 0.29) is 18.1 Å². The lowest BCUT2D eigenvalue weighted by Gasteiger charge is -2.45. The molecule has 2 saturated heterocycles. The van der Waals surface area contributed by atoms with E-state index in [0.29, 0.717) is 11.1 Å². The molecule has 0 saturated carbocycles. The number of amides is 2. The van der Waals surface area contributed by atoms with Crippen molar-refractivity contribution >= 4 is 23.3 Å². The molecule has 3 rings (SSSR count). The highest BCUT2D eigenvalue weighted by Gasteiger charge is 2.45. The van der Waals surface area contributed by atoms with Crippen LogP contribution in [0.4, 0.5) is 10.5 Å². The third-order valence-corrected chi connectivity index (χ3v) is 5.56. The Labute approximate surface area is 155 Å². The van der Waals surface area contributed by atoms with Gasteiger partial charge < -0.3 is 4.90 Å². The maximum Gasteiger partial charge on any atom is 0.325 e. The number of benzene rings is 1. The fraction of sp³-hybridized carbons (Fsp3) is 0.476. The SMILES string of the molecule is C=CCC1CCC2CC(C/C=C/CC)N(c3ccc(Cl)cc3)C(=O)N12. The minimum absolute atomic E-state index is 0.137. The van der Waals surface area contributed by atoms with E-state index in [9.17, 15) is 4.79 Å². The van der Waals surface area contributed by atoms with Crippen LogP contribution >= 0.6 is 11.6 Å². The second kappa shape index (κ2) is 8.09. The number of anilines is 1. The molecule has 0 radical (unpaired) electrons. The molecule has 0 bridgehead atoms. The lowest BCUT2D eigenvalue weighted by Crippen LogP contribution is -2.58. The summed E-state index contributed by atoms with van der Waals surface area (Å²) in [4.78, 5) is 17.5. The molecule has 0 aromatic heterocycles. The topological polar surface area (TPSA) is 23.6 Å². The molecule has 0 spiro atoms. The second-order valence-electron chi connectivity index (χ2n) is 6.95. The smallest absolute Gasteiger partial charge is 0.318 e. The first-order valence-corrected chi connectivity index (χ1v) is 9.66. The van der Waals surface area contributed by atoms with E-state index in [1.165, 1.54) is 0 Å². The number of halogens is 1. The number of carbonyl (C=O) groups excluding carboxylic acids is 1. The van der Waals surface area contributed by atoms with Crippen LogP contribution in [0.5, 0.6) is 0 Å². The molecule has 3 nitrogen and oxygen atoms in total. The summed E-state index contributed by atoms with van der Waals surface area (Å²) in [6.07, 6.45) is 12.3. The van der Waals surface area contributed by atoms with Crippen LogP contribution in [0.2, 0.25) is 5.02 Å². The maximum atomic E-state index is 13.4. The van der Waals surface area contributed by atoms with Gasteiger partial charge in [0, 0.05) is 28.8 Å². The predicted molar refractivity (Wildman–Crippen MR) is 105 cm³/mol. The van der Waals surface area contributed by atoms with E-state index in [1.54, 1.807) is 0 Å². The van der Waals surface area contributed by atoms with Crippen molar-refractivity contribution in [2.45, 2.75) is 63.6 Å². The van der Waals surface area contributed by atoms with E-state index in [1.807, 2.05) is 35.2 Å². The summed E-state index contributed by atoms with van der Waals surface area (Å²) in [5.41, 5.74) is 0.937. The minimum Gasteiger partial charge on any atom is -0.318 e. The molecule has 3 atom stereocenters. The highest BCUT2D eigenvalue weighted by atomic mass is 35.5. The van der Waals surface area contributed by atoms with Crippen molar-refractivity contribution in [1.29, 1.82) is 0 Å². The molecule has 1 aromatic carbocycles. The van der Waals surface area contributed by atoms with Crippen molar-refractivity contribution in [3.63, 3.8) is 0 Å². The second-order valence-corrected chi connectivity index (χ2v) is 7.39. The molecule has 0 N–H and O–H groups in total. The summed E-state index contributed by atoms with van der Waals surface area (Å²) >= 11 is 6.04. The first kappa shape index (κ1) is 18.1. The van der Waals surface area contributed by atoms with Gasteiger partial charge in [0.15, 0.2) is 0 Å². The Bertz CT molecular complexity index is 640. The van der Waals surface area contributed by atoms with E-state index < -0.39 is 0 Å². The summed E-state index contributed by atoms with van der Waals surface area (Å²) in [6, 6.07) is 8.63.